The minimum absolute atomic E-state index is 1.13. The van der Waals surface area contributed by atoms with Gasteiger partial charge in [0.2, 0.25) is 0 Å². The molecule has 1 aliphatic heterocycles. The van der Waals surface area contributed by atoms with Gasteiger partial charge in [-0.2, -0.15) is 0 Å². The number of unbranched alkanes of at least 4 members (excludes halogenated alkanes) is 9. The van der Waals surface area contributed by atoms with E-state index in [0.29, 0.717) is 0 Å². The van der Waals surface area contributed by atoms with Crippen molar-refractivity contribution in [1.82, 2.24) is 9.80 Å². The largest absolute Gasteiger partial charge is 0.344 e. The lowest BCUT2D eigenvalue weighted by molar-refractivity contribution is 0.433. The molecule has 0 aromatic carbocycles. The maximum absolute atomic E-state index is 4.38. The molecule has 0 saturated carbocycles. The third-order valence-electron chi connectivity index (χ3n) is 4.31. The lowest BCUT2D eigenvalue weighted by Crippen LogP contribution is -2.32. The van der Waals surface area contributed by atoms with Gasteiger partial charge in [-0.15, -0.1) is 0 Å². The maximum atomic E-state index is 4.38. The van der Waals surface area contributed by atoms with Crippen molar-refractivity contribution in [2.45, 2.75) is 71.1 Å². The van der Waals surface area contributed by atoms with Gasteiger partial charge in [-0.25, -0.2) is 0 Å². The first-order chi connectivity index (χ1) is 9.79. The van der Waals surface area contributed by atoms with Crippen LogP contribution in [-0.4, -0.2) is 49.5 Å². The molecular formula is C17H35N3. The number of aliphatic imine (C=N–C) groups is 1. The molecule has 1 heterocycles. The first-order valence-corrected chi connectivity index (χ1v) is 8.72. The summed E-state index contributed by atoms with van der Waals surface area (Å²) in [6, 6.07) is 0. The molecule has 20 heavy (non-hydrogen) atoms. The molecule has 0 aliphatic carbocycles. The average molecular weight is 281 g/mol. The van der Waals surface area contributed by atoms with Crippen LogP contribution in [0.1, 0.15) is 71.1 Å². The van der Waals surface area contributed by atoms with Gasteiger partial charge in [0.25, 0.3) is 0 Å². The SMILES string of the molecule is CCCCCCCCCCCCN1CCN(C)C1=NC. The van der Waals surface area contributed by atoms with Crippen LogP contribution in [0.2, 0.25) is 0 Å². The molecule has 118 valence electrons. The fourth-order valence-corrected chi connectivity index (χ4v) is 3.03. The van der Waals surface area contributed by atoms with Crippen molar-refractivity contribution in [3.8, 4) is 0 Å². The van der Waals surface area contributed by atoms with Gasteiger partial charge in [0.05, 0.1) is 0 Å². The second-order valence-corrected chi connectivity index (χ2v) is 6.11. The highest BCUT2D eigenvalue weighted by atomic mass is 15.4. The fourth-order valence-electron chi connectivity index (χ4n) is 3.03. The minimum atomic E-state index is 1.13. The molecule has 1 saturated heterocycles. The van der Waals surface area contributed by atoms with E-state index in [2.05, 4.69) is 28.8 Å². The molecule has 0 bridgehead atoms. The van der Waals surface area contributed by atoms with Crippen LogP contribution in [0.25, 0.3) is 0 Å². The Balaban J connectivity index is 1.90. The summed E-state index contributed by atoms with van der Waals surface area (Å²) in [6.45, 7) is 5.76. The highest BCUT2D eigenvalue weighted by molar-refractivity contribution is 5.81. The molecule has 0 amide bonds. The first kappa shape index (κ1) is 17.3. The summed E-state index contributed by atoms with van der Waals surface area (Å²) >= 11 is 0. The average Bonchev–Trinajstić information content (AvgIpc) is 2.81. The predicted octanol–water partition coefficient (Wildman–Crippen LogP) is 4.14. The van der Waals surface area contributed by atoms with E-state index in [1.807, 2.05) is 7.05 Å². The van der Waals surface area contributed by atoms with Crippen LogP contribution in [0.5, 0.6) is 0 Å². The molecule has 0 unspecified atom stereocenters. The summed E-state index contributed by atoms with van der Waals surface area (Å²) in [4.78, 5) is 9.08. The molecule has 1 rings (SSSR count). The van der Waals surface area contributed by atoms with E-state index in [1.54, 1.807) is 0 Å². The quantitative estimate of drug-likeness (QED) is 0.530. The molecule has 0 aromatic rings. The maximum Gasteiger partial charge on any atom is 0.196 e. The standard InChI is InChI=1S/C17H35N3/c1-4-5-6-7-8-9-10-11-12-13-14-20-16-15-19(3)17(20)18-2/h4-16H2,1-3H3. The van der Waals surface area contributed by atoms with Crippen LogP contribution in [-0.2, 0) is 0 Å². The smallest absolute Gasteiger partial charge is 0.196 e. The van der Waals surface area contributed by atoms with Crippen molar-refractivity contribution in [1.29, 1.82) is 0 Å². The number of guanidine groups is 1. The van der Waals surface area contributed by atoms with Crippen molar-refractivity contribution in [3.05, 3.63) is 0 Å². The Bertz CT molecular complexity index is 263. The second kappa shape index (κ2) is 11.0. The third kappa shape index (κ3) is 6.62. The Labute approximate surface area is 126 Å². The monoisotopic (exact) mass is 281 g/mol. The summed E-state index contributed by atoms with van der Waals surface area (Å²) in [5, 5.41) is 0. The number of likely N-dealkylation sites (N-methyl/N-ethyl adjacent to an activating group) is 1. The van der Waals surface area contributed by atoms with Gasteiger partial charge in [0.1, 0.15) is 0 Å². The van der Waals surface area contributed by atoms with E-state index in [9.17, 15) is 0 Å². The van der Waals surface area contributed by atoms with Crippen molar-refractivity contribution in [2.75, 3.05) is 33.7 Å². The van der Waals surface area contributed by atoms with Crippen LogP contribution >= 0.6 is 0 Å². The Hall–Kier alpha value is -0.730. The van der Waals surface area contributed by atoms with Gasteiger partial charge in [0, 0.05) is 33.7 Å². The van der Waals surface area contributed by atoms with Gasteiger partial charge in [-0.1, -0.05) is 64.7 Å². The van der Waals surface area contributed by atoms with Crippen LogP contribution in [0.3, 0.4) is 0 Å². The molecule has 3 nitrogen and oxygen atoms in total. The van der Waals surface area contributed by atoms with E-state index in [0.717, 1.165) is 13.1 Å². The van der Waals surface area contributed by atoms with Crippen LogP contribution in [0.15, 0.2) is 4.99 Å². The Morgan fingerprint density at radius 3 is 1.95 bits per heavy atom. The zero-order valence-electron chi connectivity index (χ0n) is 14.0. The van der Waals surface area contributed by atoms with Crippen LogP contribution < -0.4 is 0 Å². The molecule has 0 N–H and O–H groups in total. The first-order valence-electron chi connectivity index (χ1n) is 8.72. The topological polar surface area (TPSA) is 18.8 Å². The van der Waals surface area contributed by atoms with Gasteiger partial charge >= 0.3 is 0 Å². The zero-order valence-corrected chi connectivity index (χ0v) is 14.0. The Morgan fingerprint density at radius 1 is 0.850 bits per heavy atom. The highest BCUT2D eigenvalue weighted by Gasteiger charge is 2.21. The van der Waals surface area contributed by atoms with Crippen molar-refractivity contribution in [2.24, 2.45) is 4.99 Å². The number of nitrogens with zero attached hydrogens (tertiary/aromatic N) is 3. The number of rotatable bonds is 11. The molecule has 1 fully saturated rings. The minimum Gasteiger partial charge on any atom is -0.344 e. The van der Waals surface area contributed by atoms with E-state index >= 15 is 0 Å². The predicted molar refractivity (Wildman–Crippen MR) is 89.4 cm³/mol. The molecular weight excluding hydrogens is 246 g/mol. The summed E-state index contributed by atoms with van der Waals surface area (Å²) in [5.41, 5.74) is 0. The van der Waals surface area contributed by atoms with Crippen molar-refractivity contribution >= 4 is 5.96 Å². The fraction of sp³-hybridized carbons (Fsp3) is 0.941. The highest BCUT2D eigenvalue weighted by Crippen LogP contribution is 2.12. The van der Waals surface area contributed by atoms with Crippen molar-refractivity contribution in [3.63, 3.8) is 0 Å². The molecule has 0 spiro atoms. The number of hydrogen-bond acceptors (Lipinski definition) is 1. The van der Waals surface area contributed by atoms with Crippen LogP contribution in [0, 0.1) is 0 Å². The van der Waals surface area contributed by atoms with E-state index in [-0.39, 0.29) is 0 Å². The lowest BCUT2D eigenvalue weighted by atomic mass is 10.1. The van der Waals surface area contributed by atoms with Gasteiger partial charge in [0.15, 0.2) is 5.96 Å². The summed E-state index contributed by atoms with van der Waals surface area (Å²) in [6.07, 6.45) is 14.1. The van der Waals surface area contributed by atoms with E-state index in [1.165, 1.54) is 76.7 Å². The molecule has 0 atom stereocenters. The van der Waals surface area contributed by atoms with Gasteiger partial charge < -0.3 is 9.80 Å². The van der Waals surface area contributed by atoms with E-state index in [4.69, 9.17) is 0 Å². The Morgan fingerprint density at radius 2 is 1.40 bits per heavy atom. The molecule has 0 aromatic heterocycles. The van der Waals surface area contributed by atoms with Gasteiger partial charge in [-0.3, -0.25) is 4.99 Å². The van der Waals surface area contributed by atoms with Crippen LogP contribution in [0.4, 0.5) is 0 Å². The third-order valence-corrected chi connectivity index (χ3v) is 4.31. The lowest BCUT2D eigenvalue weighted by Gasteiger charge is -2.19. The molecule has 0 radical (unpaired) electrons. The summed E-state index contributed by atoms with van der Waals surface area (Å²) in [5.74, 6) is 1.18. The Kier molecular flexibility index (Phi) is 9.52. The normalized spacial score (nSPS) is 17.4. The van der Waals surface area contributed by atoms with E-state index < -0.39 is 0 Å². The van der Waals surface area contributed by atoms with Crippen molar-refractivity contribution < 1.29 is 0 Å². The number of hydrogen-bond donors (Lipinski definition) is 0. The second-order valence-electron chi connectivity index (χ2n) is 6.11. The summed E-state index contributed by atoms with van der Waals surface area (Å²) < 4.78 is 0. The molecule has 1 aliphatic rings. The zero-order chi connectivity index (χ0) is 14.6. The van der Waals surface area contributed by atoms with Gasteiger partial charge in [-0.05, 0) is 6.42 Å². The molecule has 3 heteroatoms. The summed E-state index contributed by atoms with van der Waals surface area (Å²) in [7, 11) is 4.05.